The third-order valence-electron chi connectivity index (χ3n) is 9.93. The zero-order chi connectivity index (χ0) is 35.2. The van der Waals surface area contributed by atoms with Crippen LogP contribution in [0.5, 0.6) is 0 Å². The molecule has 3 heterocycles. The summed E-state index contributed by atoms with van der Waals surface area (Å²) in [6, 6.07) is 35.0. The molecule has 0 saturated carbocycles. The second-order valence-corrected chi connectivity index (χ2v) is 13.2. The molecule has 9 rings (SSSR count). The minimum atomic E-state index is -0.463. The van der Waals surface area contributed by atoms with Gasteiger partial charge in [-0.2, -0.15) is 0 Å². The van der Waals surface area contributed by atoms with Crippen molar-refractivity contribution in [1.29, 1.82) is 0 Å². The van der Waals surface area contributed by atoms with Crippen LogP contribution >= 0.6 is 0 Å². The van der Waals surface area contributed by atoms with E-state index in [9.17, 15) is 0 Å². The van der Waals surface area contributed by atoms with E-state index in [1.165, 1.54) is 0 Å². The van der Waals surface area contributed by atoms with Crippen molar-refractivity contribution in [3.8, 4) is 0 Å². The predicted molar refractivity (Wildman–Crippen MR) is 217 cm³/mol. The van der Waals surface area contributed by atoms with Crippen LogP contribution in [0.15, 0.2) is 177 Å². The normalized spacial score (nSPS) is 17.0. The van der Waals surface area contributed by atoms with Gasteiger partial charge in [-0.05, 0) is 97.1 Å². The summed E-state index contributed by atoms with van der Waals surface area (Å²) >= 11 is 0. The van der Waals surface area contributed by atoms with Gasteiger partial charge in [-0.1, -0.05) is 79.4 Å². The van der Waals surface area contributed by atoms with Crippen molar-refractivity contribution in [2.24, 2.45) is 15.7 Å². The Bertz CT molecular complexity index is 2750. The van der Waals surface area contributed by atoms with Crippen LogP contribution in [0.4, 0.5) is 11.4 Å². The Morgan fingerprint density at radius 3 is 2.37 bits per heavy atom. The lowest BCUT2D eigenvalue weighted by Gasteiger charge is -2.24. The third kappa shape index (κ3) is 5.64. The van der Waals surface area contributed by atoms with E-state index < -0.39 is 6.17 Å². The summed E-state index contributed by atoms with van der Waals surface area (Å²) in [6.07, 6.45) is 15.8. The van der Waals surface area contributed by atoms with Crippen LogP contribution in [0.1, 0.15) is 36.5 Å². The van der Waals surface area contributed by atoms with E-state index in [1.54, 1.807) is 0 Å². The number of hydrogen-bond donors (Lipinski definition) is 1. The van der Waals surface area contributed by atoms with Crippen molar-refractivity contribution >= 4 is 72.4 Å². The van der Waals surface area contributed by atoms with E-state index in [1.807, 2.05) is 67.6 Å². The van der Waals surface area contributed by atoms with Crippen LogP contribution in [-0.2, 0) is 0 Å². The zero-order valence-electron chi connectivity index (χ0n) is 28.8. The van der Waals surface area contributed by atoms with Gasteiger partial charge in [0, 0.05) is 56.3 Å². The number of rotatable bonds is 6. The minimum Gasteiger partial charge on any atom is -0.456 e. The molecule has 1 aliphatic heterocycles. The van der Waals surface area contributed by atoms with Gasteiger partial charge in [-0.25, -0.2) is 4.99 Å². The average molecular weight is 677 g/mol. The van der Waals surface area contributed by atoms with Crippen LogP contribution in [-0.4, -0.2) is 17.7 Å². The molecule has 0 fully saturated rings. The molecule has 2 aromatic heterocycles. The van der Waals surface area contributed by atoms with Gasteiger partial charge in [-0.15, -0.1) is 0 Å². The summed E-state index contributed by atoms with van der Waals surface area (Å²) in [5, 5.41) is 4.18. The summed E-state index contributed by atoms with van der Waals surface area (Å²) in [5.41, 5.74) is 18.0. The highest BCUT2D eigenvalue weighted by molar-refractivity contribution is 6.10. The second-order valence-electron chi connectivity index (χ2n) is 13.2. The highest BCUT2D eigenvalue weighted by Gasteiger charge is 2.19. The van der Waals surface area contributed by atoms with Gasteiger partial charge in [0.15, 0.2) is 6.17 Å². The fraction of sp³-hybridized carbons (Fsp3) is 0.0870. The Kier molecular flexibility index (Phi) is 7.77. The summed E-state index contributed by atoms with van der Waals surface area (Å²) in [7, 11) is 0. The van der Waals surface area contributed by atoms with Gasteiger partial charge >= 0.3 is 0 Å². The summed E-state index contributed by atoms with van der Waals surface area (Å²) in [4.78, 5) is 12.4. The lowest BCUT2D eigenvalue weighted by molar-refractivity contribution is 0.668. The van der Waals surface area contributed by atoms with Crippen molar-refractivity contribution < 1.29 is 8.83 Å². The molecule has 0 radical (unpaired) electrons. The van der Waals surface area contributed by atoms with Crippen molar-refractivity contribution in [3.63, 3.8) is 0 Å². The SMILES string of the molecule is C=C1/C=C\C=C/N(c2ccc3c(c2)oc2ccc(C(N)=NC(N=C(C)c4ccc5c(c4)oc4ccccc45)C4=CC=CCC4)cc23)c2ccccc21. The topological polar surface area (TPSA) is 80.3 Å². The van der Waals surface area contributed by atoms with Gasteiger partial charge in [0.05, 0.1) is 5.69 Å². The lowest BCUT2D eigenvalue weighted by Crippen LogP contribution is -2.19. The molecule has 252 valence electrons. The van der Waals surface area contributed by atoms with Crippen LogP contribution in [0, 0.1) is 0 Å². The summed E-state index contributed by atoms with van der Waals surface area (Å²) in [6.45, 7) is 6.29. The number of aliphatic imine (C=N–C) groups is 2. The largest absolute Gasteiger partial charge is 0.456 e. The van der Waals surface area contributed by atoms with Crippen LogP contribution in [0.25, 0.3) is 49.5 Å². The molecule has 5 aromatic carbocycles. The van der Waals surface area contributed by atoms with E-state index in [-0.39, 0.29) is 0 Å². The second kappa shape index (κ2) is 12.9. The zero-order valence-corrected chi connectivity index (χ0v) is 28.8. The molecule has 0 bridgehead atoms. The molecule has 0 saturated heterocycles. The molecule has 1 atom stereocenters. The van der Waals surface area contributed by atoms with Gasteiger partial charge < -0.3 is 19.5 Å². The average Bonchev–Trinajstić information content (AvgIpc) is 3.74. The first-order valence-electron chi connectivity index (χ1n) is 17.5. The van der Waals surface area contributed by atoms with Crippen molar-refractivity contribution in [1.82, 2.24) is 0 Å². The van der Waals surface area contributed by atoms with Crippen LogP contribution < -0.4 is 10.6 Å². The predicted octanol–water partition coefficient (Wildman–Crippen LogP) is 11.5. The number of hydrogen-bond acceptors (Lipinski definition) is 5. The Morgan fingerprint density at radius 1 is 0.731 bits per heavy atom. The maximum Gasteiger partial charge on any atom is 0.164 e. The number of fused-ring (bicyclic) bond motifs is 7. The Balaban J connectivity index is 1.06. The van der Waals surface area contributed by atoms with E-state index in [2.05, 4.69) is 96.6 Å². The highest BCUT2D eigenvalue weighted by atomic mass is 16.3. The molecule has 6 nitrogen and oxygen atoms in total. The summed E-state index contributed by atoms with van der Waals surface area (Å²) < 4.78 is 12.6. The smallest absolute Gasteiger partial charge is 0.164 e. The van der Waals surface area contributed by atoms with Crippen molar-refractivity contribution in [2.75, 3.05) is 4.90 Å². The number of furan rings is 2. The van der Waals surface area contributed by atoms with Crippen molar-refractivity contribution in [3.05, 3.63) is 175 Å². The van der Waals surface area contributed by atoms with Gasteiger partial charge in [0.25, 0.3) is 0 Å². The third-order valence-corrected chi connectivity index (χ3v) is 9.93. The fourth-order valence-electron chi connectivity index (χ4n) is 7.18. The number of para-hydroxylation sites is 2. The molecule has 1 unspecified atom stereocenters. The first kappa shape index (κ1) is 31.3. The first-order valence-corrected chi connectivity index (χ1v) is 17.5. The Hall–Kier alpha value is -6.66. The summed E-state index contributed by atoms with van der Waals surface area (Å²) in [5.74, 6) is 0.424. The van der Waals surface area contributed by atoms with Gasteiger partial charge in [-0.3, -0.25) is 4.99 Å². The number of benzene rings is 5. The van der Waals surface area contributed by atoms with Gasteiger partial charge in [0.1, 0.15) is 28.2 Å². The minimum absolute atomic E-state index is 0.424. The first-order chi connectivity index (χ1) is 25.5. The van der Waals surface area contributed by atoms with E-state index in [0.29, 0.717) is 5.84 Å². The van der Waals surface area contributed by atoms with Crippen molar-refractivity contribution in [2.45, 2.75) is 25.9 Å². The molecular formula is C46H36N4O2. The molecule has 0 spiro atoms. The Morgan fingerprint density at radius 2 is 1.48 bits per heavy atom. The highest BCUT2D eigenvalue weighted by Crippen LogP contribution is 2.38. The molecule has 6 heteroatoms. The van der Waals surface area contributed by atoms with Gasteiger partial charge in [0.2, 0.25) is 0 Å². The van der Waals surface area contributed by atoms with E-state index in [4.69, 9.17) is 24.6 Å². The maximum absolute atomic E-state index is 6.81. The fourth-order valence-corrected chi connectivity index (χ4v) is 7.18. The molecular weight excluding hydrogens is 641 g/mol. The van der Waals surface area contributed by atoms with Crippen LogP contribution in [0.2, 0.25) is 0 Å². The monoisotopic (exact) mass is 676 g/mol. The molecule has 1 aliphatic carbocycles. The molecule has 0 amide bonds. The lowest BCUT2D eigenvalue weighted by atomic mass is 10.0. The standard InChI is InChI=1S/C46H36N4O2/c1-29-12-10-11-25-50(40-17-8-6-15-35(29)40)34-21-23-38-39-26-33(20-24-42(39)52-44(38)28-34)45(47)49-46(31-13-4-3-5-14-31)48-30(2)32-19-22-37-36-16-7-9-18-41(36)51-43(37)27-32/h3-4,6-13,15-28,46H,1,5,14H2,2H3,(H2,47,49)/b12-10-,25-11-,48-30?. The molecule has 52 heavy (non-hydrogen) atoms. The number of amidine groups is 1. The maximum atomic E-state index is 6.81. The number of nitrogens with zero attached hydrogens (tertiary/aromatic N) is 3. The van der Waals surface area contributed by atoms with E-state index >= 15 is 0 Å². The quantitative estimate of drug-likeness (QED) is 0.140. The van der Waals surface area contributed by atoms with E-state index in [0.717, 1.165) is 102 Å². The van der Waals surface area contributed by atoms with Crippen LogP contribution in [0.3, 0.4) is 0 Å². The molecule has 2 N–H and O–H groups in total. The molecule has 2 aliphatic rings. The number of anilines is 2. The number of nitrogens with two attached hydrogens (primary N) is 1. The molecule has 7 aromatic rings. The number of allylic oxidation sites excluding steroid dienone is 7. The Labute approximate surface area is 301 Å².